The molecule has 0 aliphatic rings. The van der Waals surface area contributed by atoms with E-state index >= 15 is 0 Å². The summed E-state index contributed by atoms with van der Waals surface area (Å²) in [5.74, 6) is -0.615. The van der Waals surface area contributed by atoms with E-state index in [1.54, 1.807) is 20.9 Å². The smallest absolute Gasteiger partial charge is 0.267 e. The number of hydrogen-bond acceptors (Lipinski definition) is 4. The van der Waals surface area contributed by atoms with E-state index < -0.39 is 15.8 Å². The molecule has 0 fully saturated rings. The molecule has 1 aromatic carbocycles. The van der Waals surface area contributed by atoms with Gasteiger partial charge in [0.05, 0.1) is 11.4 Å². The van der Waals surface area contributed by atoms with Crippen molar-refractivity contribution in [3.05, 3.63) is 35.3 Å². The molecule has 0 saturated carbocycles. The summed E-state index contributed by atoms with van der Waals surface area (Å²) in [6.07, 6.45) is 0. The fraction of sp³-hybridized carbons (Fsp3) is 0.250. The Hall–Kier alpha value is -2.09. The van der Waals surface area contributed by atoms with E-state index in [4.69, 9.17) is 5.73 Å². The Morgan fingerprint density at radius 3 is 2.55 bits per heavy atom. The van der Waals surface area contributed by atoms with Crippen LogP contribution in [-0.2, 0) is 17.1 Å². The van der Waals surface area contributed by atoms with Crippen molar-refractivity contribution in [2.75, 3.05) is 10.5 Å². The summed E-state index contributed by atoms with van der Waals surface area (Å²) in [6, 6.07) is 3.87. The SMILES string of the molecule is Cc1ccc(F)cc1NS(=O)(=O)c1c(N)nn(C)c1C. The van der Waals surface area contributed by atoms with Crippen molar-refractivity contribution in [1.29, 1.82) is 0 Å². The van der Waals surface area contributed by atoms with Crippen molar-refractivity contribution in [3.63, 3.8) is 0 Å². The third kappa shape index (κ3) is 2.46. The van der Waals surface area contributed by atoms with Crippen molar-refractivity contribution < 1.29 is 12.8 Å². The number of benzene rings is 1. The molecule has 1 aromatic heterocycles. The van der Waals surface area contributed by atoms with E-state index in [0.29, 0.717) is 11.3 Å². The lowest BCUT2D eigenvalue weighted by Gasteiger charge is -2.10. The molecular formula is C12H15FN4O2S. The van der Waals surface area contributed by atoms with Gasteiger partial charge >= 0.3 is 0 Å². The molecule has 0 unspecified atom stereocenters. The summed E-state index contributed by atoms with van der Waals surface area (Å²) >= 11 is 0. The van der Waals surface area contributed by atoms with E-state index in [1.807, 2.05) is 0 Å². The summed E-state index contributed by atoms with van der Waals surface area (Å²) < 4.78 is 41.6. The summed E-state index contributed by atoms with van der Waals surface area (Å²) in [6.45, 7) is 3.27. The van der Waals surface area contributed by atoms with Crippen molar-refractivity contribution in [3.8, 4) is 0 Å². The predicted octanol–water partition coefficient (Wildman–Crippen LogP) is 1.56. The second-order valence-corrected chi connectivity index (χ2v) is 6.11. The first-order valence-electron chi connectivity index (χ1n) is 5.80. The van der Waals surface area contributed by atoms with Gasteiger partial charge in [0.15, 0.2) is 10.7 Å². The Morgan fingerprint density at radius 2 is 2.00 bits per heavy atom. The molecule has 3 N–H and O–H groups in total. The van der Waals surface area contributed by atoms with Crippen LogP contribution >= 0.6 is 0 Å². The molecule has 0 bridgehead atoms. The van der Waals surface area contributed by atoms with Gasteiger partial charge in [-0.05, 0) is 31.5 Å². The maximum absolute atomic E-state index is 13.2. The van der Waals surface area contributed by atoms with E-state index in [1.165, 1.54) is 16.8 Å². The zero-order valence-corrected chi connectivity index (χ0v) is 12.1. The van der Waals surface area contributed by atoms with Crippen LogP contribution < -0.4 is 10.5 Å². The van der Waals surface area contributed by atoms with Crippen LogP contribution in [0.25, 0.3) is 0 Å². The maximum Gasteiger partial charge on any atom is 0.267 e. The molecule has 0 amide bonds. The highest BCUT2D eigenvalue weighted by atomic mass is 32.2. The van der Waals surface area contributed by atoms with Crippen molar-refractivity contribution in [2.45, 2.75) is 18.7 Å². The Labute approximate surface area is 116 Å². The minimum atomic E-state index is -3.92. The lowest BCUT2D eigenvalue weighted by Crippen LogP contribution is -2.16. The molecule has 2 aromatic rings. The van der Waals surface area contributed by atoms with Gasteiger partial charge in [-0.1, -0.05) is 6.07 Å². The Bertz CT molecular complexity index is 768. The molecule has 2 rings (SSSR count). The van der Waals surface area contributed by atoms with Crippen LogP contribution in [0.2, 0.25) is 0 Å². The number of nitrogens with one attached hydrogen (secondary N) is 1. The maximum atomic E-state index is 13.2. The number of anilines is 2. The third-order valence-electron chi connectivity index (χ3n) is 3.02. The summed E-state index contributed by atoms with van der Waals surface area (Å²) in [7, 11) is -2.32. The second kappa shape index (κ2) is 4.78. The topological polar surface area (TPSA) is 90.0 Å². The van der Waals surface area contributed by atoms with E-state index in [0.717, 1.165) is 6.07 Å². The Kier molecular flexibility index (Phi) is 3.43. The normalized spacial score (nSPS) is 11.6. The zero-order valence-electron chi connectivity index (χ0n) is 11.3. The van der Waals surface area contributed by atoms with Crippen molar-refractivity contribution in [2.24, 2.45) is 7.05 Å². The van der Waals surface area contributed by atoms with Gasteiger partial charge in [0.2, 0.25) is 0 Å². The van der Waals surface area contributed by atoms with Gasteiger partial charge in [-0.25, -0.2) is 12.8 Å². The van der Waals surface area contributed by atoms with Crippen molar-refractivity contribution >= 4 is 21.5 Å². The number of sulfonamides is 1. The molecule has 0 aliphatic carbocycles. The number of aromatic nitrogens is 2. The zero-order chi connectivity index (χ0) is 15.1. The van der Waals surface area contributed by atoms with E-state index in [2.05, 4.69) is 9.82 Å². The largest absolute Gasteiger partial charge is 0.381 e. The van der Waals surface area contributed by atoms with Gasteiger partial charge in [-0.15, -0.1) is 0 Å². The summed E-state index contributed by atoms with van der Waals surface area (Å²) in [5.41, 5.74) is 6.81. The Balaban J connectivity index is 2.49. The molecule has 6 nitrogen and oxygen atoms in total. The number of nitrogen functional groups attached to an aromatic ring is 1. The van der Waals surface area contributed by atoms with Crippen LogP contribution in [0.5, 0.6) is 0 Å². The molecule has 0 aliphatic heterocycles. The predicted molar refractivity (Wildman–Crippen MR) is 74.3 cm³/mol. The molecular weight excluding hydrogens is 283 g/mol. The highest BCUT2D eigenvalue weighted by molar-refractivity contribution is 7.93. The van der Waals surface area contributed by atoms with Gasteiger partial charge in [-0.3, -0.25) is 9.40 Å². The number of rotatable bonds is 3. The fourth-order valence-corrected chi connectivity index (χ4v) is 3.30. The van der Waals surface area contributed by atoms with E-state index in [9.17, 15) is 12.8 Å². The lowest BCUT2D eigenvalue weighted by atomic mass is 10.2. The minimum absolute atomic E-state index is 0.0912. The molecule has 108 valence electrons. The first kappa shape index (κ1) is 14.3. The number of nitrogens with two attached hydrogens (primary N) is 1. The molecule has 20 heavy (non-hydrogen) atoms. The summed E-state index contributed by atoms with van der Waals surface area (Å²) in [5, 5.41) is 3.86. The van der Waals surface area contributed by atoms with E-state index in [-0.39, 0.29) is 16.4 Å². The Morgan fingerprint density at radius 1 is 1.35 bits per heavy atom. The minimum Gasteiger partial charge on any atom is -0.381 e. The third-order valence-corrected chi connectivity index (χ3v) is 4.55. The first-order valence-corrected chi connectivity index (χ1v) is 7.28. The van der Waals surface area contributed by atoms with Crippen LogP contribution in [0.15, 0.2) is 23.1 Å². The number of halogens is 1. The average Bonchev–Trinajstić information content (AvgIpc) is 2.58. The second-order valence-electron chi connectivity index (χ2n) is 4.49. The molecule has 8 heteroatoms. The monoisotopic (exact) mass is 298 g/mol. The van der Waals surface area contributed by atoms with Crippen molar-refractivity contribution in [1.82, 2.24) is 9.78 Å². The van der Waals surface area contributed by atoms with Gasteiger partial charge in [0, 0.05) is 7.05 Å². The van der Waals surface area contributed by atoms with Crippen LogP contribution in [0.4, 0.5) is 15.9 Å². The molecule has 0 saturated heterocycles. The number of hydrogen-bond donors (Lipinski definition) is 2. The standard InChI is InChI=1S/C12H15FN4O2S/c1-7-4-5-9(13)6-10(7)16-20(18,19)11-8(2)17(3)15-12(11)14/h4-6,16H,1-3H3,(H2,14,15). The van der Waals surface area contributed by atoms with Crippen LogP contribution in [0, 0.1) is 19.7 Å². The molecule has 0 spiro atoms. The summed E-state index contributed by atoms with van der Waals surface area (Å²) in [4.78, 5) is -0.0938. The van der Waals surface area contributed by atoms with Crippen LogP contribution in [0.1, 0.15) is 11.3 Å². The van der Waals surface area contributed by atoms with Crippen LogP contribution in [-0.4, -0.2) is 18.2 Å². The quantitative estimate of drug-likeness (QED) is 0.899. The highest BCUT2D eigenvalue weighted by Crippen LogP contribution is 2.25. The van der Waals surface area contributed by atoms with Crippen LogP contribution in [0.3, 0.4) is 0 Å². The molecule has 1 heterocycles. The number of aryl methyl sites for hydroxylation is 2. The fourth-order valence-electron chi connectivity index (χ4n) is 1.85. The first-order chi connectivity index (χ1) is 9.22. The van der Waals surface area contributed by atoms with Gasteiger partial charge in [-0.2, -0.15) is 5.10 Å². The average molecular weight is 298 g/mol. The van der Waals surface area contributed by atoms with Gasteiger partial charge in [0.25, 0.3) is 10.0 Å². The van der Waals surface area contributed by atoms with Gasteiger partial charge < -0.3 is 5.73 Å². The highest BCUT2D eigenvalue weighted by Gasteiger charge is 2.25. The number of nitrogens with zero attached hydrogens (tertiary/aromatic N) is 2. The molecule has 0 radical (unpaired) electrons. The lowest BCUT2D eigenvalue weighted by molar-refractivity contribution is 0.600. The van der Waals surface area contributed by atoms with Gasteiger partial charge in [0.1, 0.15) is 5.82 Å². The molecule has 0 atom stereocenters.